The van der Waals surface area contributed by atoms with Crippen molar-refractivity contribution in [3.05, 3.63) is 59.9 Å². The van der Waals surface area contributed by atoms with Crippen LogP contribution in [0.4, 0.5) is 20.6 Å². The van der Waals surface area contributed by atoms with Gasteiger partial charge in [-0.2, -0.15) is 0 Å². The maximum Gasteiger partial charge on any atom is 0.319 e. The van der Waals surface area contributed by atoms with Crippen molar-refractivity contribution in [1.82, 2.24) is 10.2 Å². The number of guanidine groups is 1. The van der Waals surface area contributed by atoms with Gasteiger partial charge in [0.1, 0.15) is 5.82 Å². The molecular formula is C26H32FN5O5S. The number of benzene rings is 2. The molecule has 0 aliphatic carbocycles. The molecule has 2 aromatic carbocycles. The van der Waals surface area contributed by atoms with Crippen LogP contribution in [0.15, 0.2) is 58.4 Å². The fourth-order valence-corrected chi connectivity index (χ4v) is 5.17. The van der Waals surface area contributed by atoms with E-state index in [1.165, 1.54) is 12.1 Å². The number of sulfone groups is 1. The first-order valence-corrected chi connectivity index (χ1v) is 14.1. The lowest BCUT2D eigenvalue weighted by Gasteiger charge is -2.41. The molecule has 2 aliphatic heterocycles. The predicted octanol–water partition coefficient (Wildman–Crippen LogP) is 2.67. The molecule has 12 heteroatoms. The summed E-state index contributed by atoms with van der Waals surface area (Å²) >= 11 is 0. The van der Waals surface area contributed by atoms with Crippen molar-refractivity contribution in [3.63, 3.8) is 0 Å². The maximum absolute atomic E-state index is 14.2. The van der Waals surface area contributed by atoms with E-state index in [4.69, 9.17) is 14.8 Å². The SMILES string of the molecule is C[C@@H](CO)NC(=O)Nc1ccc(N2CC=C(c3cc(F)ccc3S(C)(=O)=O)N=C2N2CCOC[C@@H]2C)cc1. The Bertz CT molecular complexity index is 1350. The fourth-order valence-electron chi connectivity index (χ4n) is 4.29. The first-order valence-electron chi connectivity index (χ1n) is 12.3. The molecule has 2 amide bonds. The summed E-state index contributed by atoms with van der Waals surface area (Å²) in [5, 5.41) is 14.5. The van der Waals surface area contributed by atoms with E-state index < -0.39 is 21.7 Å². The Balaban J connectivity index is 1.67. The molecule has 0 saturated carbocycles. The van der Waals surface area contributed by atoms with Gasteiger partial charge in [-0.15, -0.1) is 0 Å². The average molecular weight is 546 g/mol. The van der Waals surface area contributed by atoms with E-state index in [2.05, 4.69) is 15.5 Å². The van der Waals surface area contributed by atoms with Crippen molar-refractivity contribution < 1.29 is 27.4 Å². The molecule has 3 N–H and O–H groups in total. The Hall–Kier alpha value is -3.48. The van der Waals surface area contributed by atoms with Gasteiger partial charge in [-0.1, -0.05) is 0 Å². The maximum atomic E-state index is 14.2. The third-order valence-electron chi connectivity index (χ3n) is 6.26. The van der Waals surface area contributed by atoms with Gasteiger partial charge in [0.15, 0.2) is 9.84 Å². The van der Waals surface area contributed by atoms with Gasteiger partial charge in [-0.25, -0.2) is 22.6 Å². The number of carbonyl (C=O) groups is 1. The van der Waals surface area contributed by atoms with Crippen molar-refractivity contribution in [2.75, 3.05) is 49.4 Å². The van der Waals surface area contributed by atoms with E-state index >= 15 is 0 Å². The van der Waals surface area contributed by atoms with Gasteiger partial charge in [0, 0.05) is 36.3 Å². The number of aliphatic imine (C=N–C) groups is 1. The minimum Gasteiger partial charge on any atom is -0.394 e. The van der Waals surface area contributed by atoms with E-state index in [9.17, 15) is 17.6 Å². The number of nitrogens with one attached hydrogen (secondary N) is 2. The number of urea groups is 1. The number of nitrogens with zero attached hydrogens (tertiary/aromatic N) is 3. The van der Waals surface area contributed by atoms with Crippen LogP contribution in [0.5, 0.6) is 0 Å². The van der Waals surface area contributed by atoms with Crippen LogP contribution in [-0.2, 0) is 14.6 Å². The largest absolute Gasteiger partial charge is 0.394 e. The van der Waals surface area contributed by atoms with Gasteiger partial charge in [0.2, 0.25) is 5.96 Å². The van der Waals surface area contributed by atoms with Crippen molar-refractivity contribution in [2.45, 2.75) is 30.8 Å². The van der Waals surface area contributed by atoms with Crippen LogP contribution in [0.1, 0.15) is 19.4 Å². The summed E-state index contributed by atoms with van der Waals surface area (Å²) in [6.45, 7) is 5.49. The second-order valence-corrected chi connectivity index (χ2v) is 11.4. The normalized spacial score (nSPS) is 18.9. The molecule has 4 rings (SSSR count). The number of rotatable bonds is 6. The lowest BCUT2D eigenvalue weighted by molar-refractivity contribution is 0.0324. The standard InChI is InChI=1S/C26H32FN5O5S/c1-17(15-33)28-25(34)29-20-5-7-21(8-6-20)32-11-10-23(30-26(32)31-12-13-37-16-18(31)2)22-14-19(27)4-9-24(22)38(3,35)36/h4-10,14,17-18,33H,11-13,15-16H2,1-3H3,(H2,28,29,34)/t17-,18-/m0/s1. The molecule has 1 fully saturated rings. The molecule has 2 heterocycles. The molecule has 204 valence electrons. The first kappa shape index (κ1) is 27.6. The number of halogens is 1. The molecule has 0 spiro atoms. The van der Waals surface area contributed by atoms with Crippen molar-refractivity contribution in [1.29, 1.82) is 0 Å². The molecular weight excluding hydrogens is 513 g/mol. The lowest BCUT2D eigenvalue weighted by atomic mass is 10.1. The van der Waals surface area contributed by atoms with Crippen LogP contribution in [0.2, 0.25) is 0 Å². The molecule has 10 nitrogen and oxygen atoms in total. The van der Waals surface area contributed by atoms with E-state index in [0.717, 1.165) is 18.0 Å². The lowest BCUT2D eigenvalue weighted by Crippen LogP contribution is -2.54. The highest BCUT2D eigenvalue weighted by Crippen LogP contribution is 2.31. The number of anilines is 2. The number of morpholine rings is 1. The Morgan fingerprint density at radius 1 is 1.26 bits per heavy atom. The number of aliphatic hydroxyl groups is 1. The van der Waals surface area contributed by atoms with Crippen LogP contribution >= 0.6 is 0 Å². The summed E-state index contributed by atoms with van der Waals surface area (Å²) in [6.07, 6.45) is 2.86. The molecule has 0 unspecified atom stereocenters. The number of hydrogen-bond acceptors (Lipinski definition) is 8. The van der Waals surface area contributed by atoms with E-state index in [1.54, 1.807) is 25.1 Å². The number of hydrogen-bond donors (Lipinski definition) is 3. The number of carbonyl (C=O) groups excluding carboxylic acids is 1. The van der Waals surface area contributed by atoms with Gasteiger partial charge in [-0.05, 0) is 62.4 Å². The third kappa shape index (κ3) is 6.32. The fraction of sp³-hybridized carbons (Fsp3) is 0.385. The zero-order valence-corrected chi connectivity index (χ0v) is 22.3. The Morgan fingerprint density at radius 2 is 2.00 bits per heavy atom. The van der Waals surface area contributed by atoms with Crippen LogP contribution < -0.4 is 15.5 Å². The molecule has 0 aromatic heterocycles. The highest BCUT2D eigenvalue weighted by Gasteiger charge is 2.30. The molecule has 2 aromatic rings. The van der Waals surface area contributed by atoms with Crippen LogP contribution in [0.25, 0.3) is 5.70 Å². The van der Waals surface area contributed by atoms with E-state index in [-0.39, 0.29) is 29.1 Å². The Kier molecular flexibility index (Phi) is 8.34. The predicted molar refractivity (Wildman–Crippen MR) is 144 cm³/mol. The summed E-state index contributed by atoms with van der Waals surface area (Å²) in [5.41, 5.74) is 1.96. The zero-order chi connectivity index (χ0) is 27.4. The van der Waals surface area contributed by atoms with Crippen LogP contribution in [0, 0.1) is 5.82 Å². The zero-order valence-electron chi connectivity index (χ0n) is 21.5. The summed E-state index contributed by atoms with van der Waals surface area (Å²) in [4.78, 5) is 21.0. The van der Waals surface area contributed by atoms with Crippen molar-refractivity contribution in [2.24, 2.45) is 4.99 Å². The summed E-state index contributed by atoms with van der Waals surface area (Å²) < 4.78 is 44.7. The van der Waals surface area contributed by atoms with Crippen LogP contribution in [0.3, 0.4) is 0 Å². The smallest absolute Gasteiger partial charge is 0.319 e. The van der Waals surface area contributed by atoms with E-state index in [1.807, 2.05) is 24.0 Å². The minimum atomic E-state index is -3.62. The Labute approximate surface area is 221 Å². The molecule has 1 saturated heterocycles. The Morgan fingerprint density at radius 3 is 2.66 bits per heavy atom. The number of ether oxygens (including phenoxy) is 1. The molecule has 2 aliphatic rings. The topological polar surface area (TPSA) is 124 Å². The van der Waals surface area contributed by atoms with Crippen molar-refractivity contribution >= 4 is 38.9 Å². The summed E-state index contributed by atoms with van der Waals surface area (Å²) in [6, 6.07) is 10.00. The van der Waals surface area contributed by atoms with Gasteiger partial charge in [0.25, 0.3) is 0 Å². The molecule has 38 heavy (non-hydrogen) atoms. The molecule has 0 bridgehead atoms. The molecule has 2 atom stereocenters. The van der Waals surface area contributed by atoms with Gasteiger partial charge in [-0.3, -0.25) is 0 Å². The van der Waals surface area contributed by atoms with Gasteiger partial charge in [0.05, 0.1) is 42.5 Å². The average Bonchev–Trinajstić information content (AvgIpc) is 2.88. The quantitative estimate of drug-likeness (QED) is 0.477. The second kappa shape index (κ2) is 11.5. The highest BCUT2D eigenvalue weighted by atomic mass is 32.2. The minimum absolute atomic E-state index is 0.00406. The second-order valence-electron chi connectivity index (χ2n) is 9.37. The third-order valence-corrected chi connectivity index (χ3v) is 7.41. The monoisotopic (exact) mass is 545 g/mol. The summed E-state index contributed by atoms with van der Waals surface area (Å²) in [5.74, 6) is 0.0463. The van der Waals surface area contributed by atoms with Gasteiger partial charge >= 0.3 is 6.03 Å². The number of aliphatic hydroxyl groups excluding tert-OH is 1. The van der Waals surface area contributed by atoms with Gasteiger partial charge < -0.3 is 30.3 Å². The van der Waals surface area contributed by atoms with Crippen molar-refractivity contribution in [3.8, 4) is 0 Å². The van der Waals surface area contributed by atoms with Crippen LogP contribution in [-0.4, -0.2) is 81.7 Å². The number of amides is 2. The molecule has 0 radical (unpaired) electrons. The summed E-state index contributed by atoms with van der Waals surface area (Å²) in [7, 11) is -3.62. The first-order chi connectivity index (χ1) is 18.1. The highest BCUT2D eigenvalue weighted by molar-refractivity contribution is 7.90. The van der Waals surface area contributed by atoms with E-state index in [0.29, 0.717) is 43.6 Å².